The first-order chi connectivity index (χ1) is 13.6. The van der Waals surface area contributed by atoms with E-state index in [0.717, 1.165) is 22.3 Å². The minimum Gasteiger partial charge on any atom is -0.327 e. The van der Waals surface area contributed by atoms with Crippen molar-refractivity contribution in [1.29, 1.82) is 0 Å². The predicted molar refractivity (Wildman–Crippen MR) is 105 cm³/mol. The lowest BCUT2D eigenvalue weighted by Crippen LogP contribution is -2.15. The molecule has 6 nitrogen and oxygen atoms in total. The number of hydrogen-bond acceptors (Lipinski definition) is 3. The van der Waals surface area contributed by atoms with Gasteiger partial charge in [0.15, 0.2) is 0 Å². The van der Waals surface area contributed by atoms with E-state index in [1.165, 1.54) is 25.0 Å². The molecule has 0 radical (unpaired) electrons. The molecule has 1 saturated carbocycles. The standard InChI is InChI=1S/C21H18FN5O/c1-26-19(13-2-5-15(22)6-3-13)11-23-21(26)25-20(28)14-4-9-18-17(10-14)24-12-27(18)16-7-8-16/h2-6,9-12,16H,7-8H2,1H3,(H,23,25,28). The molecule has 0 spiro atoms. The van der Waals surface area contributed by atoms with Crippen LogP contribution in [0.15, 0.2) is 55.0 Å². The molecule has 0 bridgehead atoms. The van der Waals surface area contributed by atoms with Gasteiger partial charge < -0.3 is 9.13 Å². The van der Waals surface area contributed by atoms with Gasteiger partial charge in [-0.2, -0.15) is 0 Å². The van der Waals surface area contributed by atoms with Gasteiger partial charge in [0.2, 0.25) is 5.95 Å². The maximum absolute atomic E-state index is 13.1. The molecule has 0 unspecified atom stereocenters. The maximum atomic E-state index is 13.1. The number of fused-ring (bicyclic) bond motifs is 1. The zero-order chi connectivity index (χ0) is 19.3. The van der Waals surface area contributed by atoms with Crippen LogP contribution in [-0.4, -0.2) is 25.0 Å². The van der Waals surface area contributed by atoms with Crippen LogP contribution in [0.2, 0.25) is 0 Å². The molecule has 0 atom stereocenters. The van der Waals surface area contributed by atoms with Crippen molar-refractivity contribution in [3.8, 4) is 11.3 Å². The van der Waals surface area contributed by atoms with E-state index in [4.69, 9.17) is 0 Å². The van der Waals surface area contributed by atoms with E-state index >= 15 is 0 Å². The number of halogens is 1. The summed E-state index contributed by atoms with van der Waals surface area (Å²) >= 11 is 0. The Morgan fingerprint density at radius 1 is 1.14 bits per heavy atom. The monoisotopic (exact) mass is 375 g/mol. The second-order valence-corrected chi connectivity index (χ2v) is 7.07. The van der Waals surface area contributed by atoms with Crippen molar-refractivity contribution in [3.63, 3.8) is 0 Å². The van der Waals surface area contributed by atoms with Crippen molar-refractivity contribution in [2.75, 3.05) is 5.32 Å². The third kappa shape index (κ3) is 2.85. The van der Waals surface area contributed by atoms with Crippen LogP contribution >= 0.6 is 0 Å². The molecule has 0 saturated heterocycles. The second kappa shape index (κ2) is 6.30. The largest absolute Gasteiger partial charge is 0.327 e. The van der Waals surface area contributed by atoms with Gasteiger partial charge in [0.25, 0.3) is 5.91 Å². The van der Waals surface area contributed by atoms with E-state index < -0.39 is 0 Å². The van der Waals surface area contributed by atoms with Crippen LogP contribution in [0, 0.1) is 5.82 Å². The fourth-order valence-electron chi connectivity index (χ4n) is 3.40. The molecule has 2 aromatic heterocycles. The number of imidazole rings is 2. The summed E-state index contributed by atoms with van der Waals surface area (Å²) < 4.78 is 17.1. The van der Waals surface area contributed by atoms with Crippen LogP contribution in [-0.2, 0) is 7.05 Å². The molecule has 2 heterocycles. The van der Waals surface area contributed by atoms with Gasteiger partial charge in [-0.1, -0.05) is 0 Å². The Balaban J connectivity index is 1.39. The highest BCUT2D eigenvalue weighted by Gasteiger charge is 2.25. The summed E-state index contributed by atoms with van der Waals surface area (Å²) in [4.78, 5) is 21.4. The fraction of sp³-hybridized carbons (Fsp3) is 0.190. The normalized spacial score (nSPS) is 13.8. The Morgan fingerprint density at radius 3 is 2.68 bits per heavy atom. The molecule has 1 amide bonds. The SMILES string of the molecule is Cn1c(-c2ccc(F)cc2)cnc1NC(=O)c1ccc2c(c1)ncn2C1CC1. The number of hydrogen-bond donors (Lipinski definition) is 1. The van der Waals surface area contributed by atoms with Crippen LogP contribution in [0.4, 0.5) is 10.3 Å². The van der Waals surface area contributed by atoms with E-state index in [2.05, 4.69) is 19.9 Å². The lowest BCUT2D eigenvalue weighted by atomic mass is 10.1. The number of nitrogens with one attached hydrogen (secondary N) is 1. The average molecular weight is 375 g/mol. The highest BCUT2D eigenvalue weighted by Crippen LogP contribution is 2.37. The Kier molecular flexibility index (Phi) is 3.75. The molecule has 1 fully saturated rings. The quantitative estimate of drug-likeness (QED) is 0.582. The van der Waals surface area contributed by atoms with E-state index in [1.807, 2.05) is 25.5 Å². The first-order valence-electron chi connectivity index (χ1n) is 9.16. The Labute approximate surface area is 160 Å². The molecule has 2 aromatic carbocycles. The van der Waals surface area contributed by atoms with Crippen molar-refractivity contribution >= 4 is 22.9 Å². The van der Waals surface area contributed by atoms with Crippen LogP contribution in [0.1, 0.15) is 29.2 Å². The number of carbonyl (C=O) groups is 1. The summed E-state index contributed by atoms with van der Waals surface area (Å²) in [5.74, 6) is -0.117. The van der Waals surface area contributed by atoms with Gasteiger partial charge in [0, 0.05) is 24.2 Å². The summed E-state index contributed by atoms with van der Waals surface area (Å²) in [5.41, 5.74) is 4.00. The second-order valence-electron chi connectivity index (χ2n) is 7.07. The van der Waals surface area contributed by atoms with Gasteiger partial charge in [0.1, 0.15) is 5.82 Å². The molecule has 140 valence electrons. The van der Waals surface area contributed by atoms with E-state index in [0.29, 0.717) is 17.6 Å². The first kappa shape index (κ1) is 16.7. The summed E-state index contributed by atoms with van der Waals surface area (Å²) in [6, 6.07) is 12.3. The molecule has 1 N–H and O–H groups in total. The number of carbonyl (C=O) groups excluding carboxylic acids is 1. The van der Waals surface area contributed by atoms with Crippen molar-refractivity contribution in [3.05, 3.63) is 66.4 Å². The molecular formula is C21H18FN5O. The van der Waals surface area contributed by atoms with Crippen molar-refractivity contribution < 1.29 is 9.18 Å². The summed E-state index contributed by atoms with van der Waals surface area (Å²) in [5, 5.41) is 2.84. The van der Waals surface area contributed by atoms with Crippen LogP contribution in [0.3, 0.4) is 0 Å². The number of benzene rings is 2. The number of nitrogens with zero attached hydrogens (tertiary/aromatic N) is 4. The molecule has 1 aliphatic carbocycles. The Hall–Kier alpha value is -3.48. The van der Waals surface area contributed by atoms with E-state index in [-0.39, 0.29) is 11.7 Å². The maximum Gasteiger partial charge on any atom is 0.258 e. The fourth-order valence-corrected chi connectivity index (χ4v) is 3.40. The summed E-state index contributed by atoms with van der Waals surface area (Å²) in [6.45, 7) is 0. The zero-order valence-electron chi connectivity index (χ0n) is 15.3. The number of rotatable bonds is 4. The van der Waals surface area contributed by atoms with Crippen molar-refractivity contribution in [2.24, 2.45) is 7.05 Å². The Bertz CT molecular complexity index is 1190. The summed E-state index contributed by atoms with van der Waals surface area (Å²) in [7, 11) is 1.81. The molecule has 0 aliphatic heterocycles. The van der Waals surface area contributed by atoms with Gasteiger partial charge in [-0.3, -0.25) is 10.1 Å². The topological polar surface area (TPSA) is 64.7 Å². The van der Waals surface area contributed by atoms with Crippen LogP contribution in [0.5, 0.6) is 0 Å². The third-order valence-corrected chi connectivity index (χ3v) is 5.13. The minimum atomic E-state index is -0.293. The number of aromatic nitrogens is 4. The lowest BCUT2D eigenvalue weighted by molar-refractivity contribution is 0.102. The van der Waals surface area contributed by atoms with E-state index in [9.17, 15) is 9.18 Å². The van der Waals surface area contributed by atoms with Gasteiger partial charge in [-0.15, -0.1) is 0 Å². The highest BCUT2D eigenvalue weighted by molar-refractivity contribution is 6.05. The van der Waals surface area contributed by atoms with Gasteiger partial charge in [-0.25, -0.2) is 14.4 Å². The average Bonchev–Trinajstić information content (AvgIpc) is 3.36. The van der Waals surface area contributed by atoms with Gasteiger partial charge >= 0.3 is 0 Å². The molecule has 4 aromatic rings. The number of amides is 1. The zero-order valence-corrected chi connectivity index (χ0v) is 15.3. The minimum absolute atomic E-state index is 0.248. The van der Waals surface area contributed by atoms with Crippen LogP contribution in [0.25, 0.3) is 22.3 Å². The van der Waals surface area contributed by atoms with Crippen molar-refractivity contribution in [1.82, 2.24) is 19.1 Å². The van der Waals surface area contributed by atoms with Crippen molar-refractivity contribution in [2.45, 2.75) is 18.9 Å². The van der Waals surface area contributed by atoms with E-state index in [1.54, 1.807) is 29.0 Å². The Morgan fingerprint density at radius 2 is 1.93 bits per heavy atom. The predicted octanol–water partition coefficient (Wildman–Crippen LogP) is 4.16. The van der Waals surface area contributed by atoms with Gasteiger partial charge in [0.05, 0.1) is 29.3 Å². The molecule has 7 heteroatoms. The smallest absolute Gasteiger partial charge is 0.258 e. The molecule has 1 aliphatic rings. The summed E-state index contributed by atoms with van der Waals surface area (Å²) in [6.07, 6.45) is 5.87. The molecule has 5 rings (SSSR count). The highest BCUT2D eigenvalue weighted by atomic mass is 19.1. The lowest BCUT2D eigenvalue weighted by Gasteiger charge is -2.08. The molecule has 28 heavy (non-hydrogen) atoms. The van der Waals surface area contributed by atoms with Crippen LogP contribution < -0.4 is 5.32 Å². The third-order valence-electron chi connectivity index (χ3n) is 5.13. The number of anilines is 1. The van der Waals surface area contributed by atoms with Gasteiger partial charge in [-0.05, 0) is 55.3 Å². The molecular weight excluding hydrogens is 357 g/mol. The first-order valence-corrected chi connectivity index (χ1v) is 9.16.